The maximum Gasteiger partial charge on any atom is 0.305 e. The second-order valence-corrected chi connectivity index (χ2v) is 7.15. The predicted molar refractivity (Wildman–Crippen MR) is 114 cm³/mol. The molecule has 1 aliphatic carbocycles. The topological polar surface area (TPSA) is 53.9 Å². The summed E-state index contributed by atoms with van der Waals surface area (Å²) in [5, 5.41) is 3.53. The van der Waals surface area contributed by atoms with Crippen LogP contribution < -0.4 is 5.32 Å². The highest BCUT2D eigenvalue weighted by Gasteiger charge is 2.35. The first-order chi connectivity index (χ1) is 11.7. The molecule has 25 heavy (non-hydrogen) atoms. The van der Waals surface area contributed by atoms with Gasteiger partial charge < -0.3 is 15.0 Å². The third-order valence-electron chi connectivity index (χ3n) is 5.38. The standard InChI is InChI=1S/C19H35N3O2.HI/c1-3-24-18(23)12-6-4-5-9-13-21-19(20-2)22-14-16-10-7-8-11-17(16)15-22;/h16-17H,3-15H2,1-2H3,(H,20,21);1H. The number of halogens is 1. The number of aliphatic imine (C=N–C) groups is 1. The molecule has 5 nitrogen and oxygen atoms in total. The van der Waals surface area contributed by atoms with E-state index in [0.717, 1.165) is 50.0 Å². The molecule has 1 saturated heterocycles. The van der Waals surface area contributed by atoms with E-state index in [4.69, 9.17) is 4.74 Å². The predicted octanol–water partition coefficient (Wildman–Crippen LogP) is 3.82. The van der Waals surface area contributed by atoms with Gasteiger partial charge in [-0.05, 0) is 44.4 Å². The molecule has 0 radical (unpaired) electrons. The van der Waals surface area contributed by atoms with Crippen LogP contribution in [0.4, 0.5) is 0 Å². The van der Waals surface area contributed by atoms with Crippen LogP contribution in [-0.2, 0) is 9.53 Å². The zero-order chi connectivity index (χ0) is 17.2. The summed E-state index contributed by atoms with van der Waals surface area (Å²) in [6, 6.07) is 0. The third-order valence-corrected chi connectivity index (χ3v) is 5.38. The molecular formula is C19H36IN3O2. The second-order valence-electron chi connectivity index (χ2n) is 7.15. The van der Waals surface area contributed by atoms with Crippen molar-refractivity contribution in [2.24, 2.45) is 16.8 Å². The fourth-order valence-corrected chi connectivity index (χ4v) is 4.09. The number of rotatable bonds is 8. The minimum Gasteiger partial charge on any atom is -0.466 e. The molecule has 0 aromatic heterocycles. The average molecular weight is 465 g/mol. The Morgan fingerprint density at radius 2 is 1.76 bits per heavy atom. The van der Waals surface area contributed by atoms with Gasteiger partial charge in [0.15, 0.2) is 5.96 Å². The van der Waals surface area contributed by atoms with Crippen molar-refractivity contribution >= 4 is 35.9 Å². The van der Waals surface area contributed by atoms with Gasteiger partial charge in [0.2, 0.25) is 0 Å². The van der Waals surface area contributed by atoms with E-state index in [2.05, 4.69) is 15.2 Å². The molecule has 1 heterocycles. The summed E-state index contributed by atoms with van der Waals surface area (Å²) in [6.45, 7) is 5.68. The fourth-order valence-electron chi connectivity index (χ4n) is 4.09. The Bertz CT molecular complexity index is 403. The van der Waals surface area contributed by atoms with E-state index in [9.17, 15) is 4.79 Å². The van der Waals surface area contributed by atoms with E-state index >= 15 is 0 Å². The monoisotopic (exact) mass is 465 g/mol. The van der Waals surface area contributed by atoms with Crippen molar-refractivity contribution in [3.8, 4) is 0 Å². The van der Waals surface area contributed by atoms with Gasteiger partial charge in [0.05, 0.1) is 6.61 Å². The van der Waals surface area contributed by atoms with Crippen molar-refractivity contribution in [1.82, 2.24) is 10.2 Å². The number of unbranched alkanes of at least 4 members (excludes halogenated alkanes) is 3. The van der Waals surface area contributed by atoms with Crippen molar-refractivity contribution in [3.05, 3.63) is 0 Å². The number of esters is 1. The van der Waals surface area contributed by atoms with E-state index in [-0.39, 0.29) is 29.9 Å². The molecule has 0 amide bonds. The number of hydrogen-bond acceptors (Lipinski definition) is 3. The lowest BCUT2D eigenvalue weighted by atomic mass is 9.82. The maximum atomic E-state index is 11.3. The van der Waals surface area contributed by atoms with Gasteiger partial charge in [0, 0.05) is 33.1 Å². The summed E-state index contributed by atoms with van der Waals surface area (Å²) in [7, 11) is 1.89. The number of guanidine groups is 1. The molecule has 146 valence electrons. The number of fused-ring (bicyclic) bond motifs is 1. The number of hydrogen-bond donors (Lipinski definition) is 1. The number of carbonyl (C=O) groups is 1. The molecule has 1 N–H and O–H groups in total. The van der Waals surface area contributed by atoms with Crippen LogP contribution >= 0.6 is 24.0 Å². The van der Waals surface area contributed by atoms with Crippen LogP contribution in [-0.4, -0.2) is 50.1 Å². The van der Waals surface area contributed by atoms with Crippen molar-refractivity contribution in [2.75, 3.05) is 33.3 Å². The molecule has 2 unspecified atom stereocenters. The molecule has 2 rings (SSSR count). The van der Waals surface area contributed by atoms with Crippen molar-refractivity contribution < 1.29 is 9.53 Å². The third kappa shape index (κ3) is 7.71. The van der Waals surface area contributed by atoms with E-state index < -0.39 is 0 Å². The Kier molecular flexibility index (Phi) is 11.5. The average Bonchev–Trinajstić information content (AvgIpc) is 3.01. The van der Waals surface area contributed by atoms with Crippen molar-refractivity contribution in [2.45, 2.75) is 64.7 Å². The molecule has 1 aliphatic heterocycles. The second kappa shape index (κ2) is 12.8. The molecule has 1 saturated carbocycles. The lowest BCUT2D eigenvalue weighted by Crippen LogP contribution is -2.40. The van der Waals surface area contributed by atoms with E-state index in [1.807, 2.05) is 14.0 Å². The summed E-state index contributed by atoms with van der Waals surface area (Å²) < 4.78 is 4.94. The first-order valence-electron chi connectivity index (χ1n) is 9.85. The Labute approximate surface area is 170 Å². The van der Waals surface area contributed by atoms with Gasteiger partial charge in [0.1, 0.15) is 0 Å². The zero-order valence-corrected chi connectivity index (χ0v) is 18.3. The van der Waals surface area contributed by atoms with Gasteiger partial charge in [-0.3, -0.25) is 9.79 Å². The summed E-state index contributed by atoms with van der Waals surface area (Å²) in [5.74, 6) is 2.79. The molecule has 0 spiro atoms. The highest BCUT2D eigenvalue weighted by Crippen LogP contribution is 2.35. The van der Waals surface area contributed by atoms with Gasteiger partial charge >= 0.3 is 5.97 Å². The van der Waals surface area contributed by atoms with Crippen LogP contribution in [0.1, 0.15) is 64.7 Å². The van der Waals surface area contributed by atoms with E-state index in [1.165, 1.54) is 38.8 Å². The van der Waals surface area contributed by atoms with Gasteiger partial charge in [-0.15, -0.1) is 24.0 Å². The number of carbonyl (C=O) groups excluding carboxylic acids is 1. The van der Waals surface area contributed by atoms with E-state index in [0.29, 0.717) is 13.0 Å². The molecule has 0 aromatic carbocycles. The van der Waals surface area contributed by atoms with Gasteiger partial charge in [-0.2, -0.15) is 0 Å². The van der Waals surface area contributed by atoms with E-state index in [1.54, 1.807) is 0 Å². The fraction of sp³-hybridized carbons (Fsp3) is 0.895. The molecule has 0 aromatic rings. The minimum atomic E-state index is -0.0634. The van der Waals surface area contributed by atoms with Crippen LogP contribution in [0.3, 0.4) is 0 Å². The highest BCUT2D eigenvalue weighted by molar-refractivity contribution is 14.0. The maximum absolute atomic E-state index is 11.3. The quantitative estimate of drug-likeness (QED) is 0.195. The Hall–Kier alpha value is -0.530. The Morgan fingerprint density at radius 1 is 1.12 bits per heavy atom. The first kappa shape index (κ1) is 22.5. The normalized spacial score (nSPS) is 23.0. The van der Waals surface area contributed by atoms with Crippen LogP contribution in [0, 0.1) is 11.8 Å². The summed E-state index contributed by atoms with van der Waals surface area (Å²) in [6.07, 6.45) is 10.5. The van der Waals surface area contributed by atoms with Gasteiger partial charge in [-0.25, -0.2) is 0 Å². The van der Waals surface area contributed by atoms with Crippen LogP contribution in [0.25, 0.3) is 0 Å². The van der Waals surface area contributed by atoms with Crippen molar-refractivity contribution in [1.29, 1.82) is 0 Å². The molecule has 2 atom stereocenters. The van der Waals surface area contributed by atoms with Gasteiger partial charge in [0.25, 0.3) is 0 Å². The van der Waals surface area contributed by atoms with Crippen LogP contribution in [0.2, 0.25) is 0 Å². The minimum absolute atomic E-state index is 0. The number of ether oxygens (including phenoxy) is 1. The van der Waals surface area contributed by atoms with Gasteiger partial charge in [-0.1, -0.05) is 25.7 Å². The Morgan fingerprint density at radius 3 is 2.36 bits per heavy atom. The molecule has 2 aliphatic rings. The number of likely N-dealkylation sites (tertiary alicyclic amines) is 1. The molecule has 2 fully saturated rings. The largest absolute Gasteiger partial charge is 0.466 e. The molecule has 0 bridgehead atoms. The number of nitrogens with zero attached hydrogens (tertiary/aromatic N) is 2. The lowest BCUT2D eigenvalue weighted by Gasteiger charge is -2.22. The summed E-state index contributed by atoms with van der Waals surface area (Å²) in [5.41, 5.74) is 0. The first-order valence-corrected chi connectivity index (χ1v) is 9.85. The Balaban J connectivity index is 0.00000312. The lowest BCUT2D eigenvalue weighted by molar-refractivity contribution is -0.143. The number of nitrogens with one attached hydrogen (secondary N) is 1. The summed E-state index contributed by atoms with van der Waals surface area (Å²) in [4.78, 5) is 18.2. The highest BCUT2D eigenvalue weighted by atomic mass is 127. The molecular weight excluding hydrogens is 429 g/mol. The van der Waals surface area contributed by atoms with Crippen LogP contribution in [0.5, 0.6) is 0 Å². The van der Waals surface area contributed by atoms with Crippen molar-refractivity contribution in [3.63, 3.8) is 0 Å². The smallest absolute Gasteiger partial charge is 0.305 e. The van der Waals surface area contributed by atoms with Crippen LogP contribution in [0.15, 0.2) is 4.99 Å². The SMILES string of the molecule is CCOC(=O)CCCCCCNC(=NC)N1CC2CCCCC2C1.I. The molecule has 6 heteroatoms. The summed E-state index contributed by atoms with van der Waals surface area (Å²) >= 11 is 0. The zero-order valence-electron chi connectivity index (χ0n) is 16.0.